The fraction of sp³-hybridized carbons (Fsp3) is 0.562. The standard InChI is InChI=1S/C16H23ClN2O/c1-11-7-8-18-15(9-11)16(20)19(3)12(2)13-5-4-6-14(17)10-13/h4-6,10-12,15,18H,7-9H2,1-3H3. The number of likely N-dealkylation sites (N-methyl/N-ethyl adjacent to an activating group) is 1. The maximum atomic E-state index is 12.6. The van der Waals surface area contributed by atoms with Crippen LogP contribution in [0.3, 0.4) is 0 Å². The summed E-state index contributed by atoms with van der Waals surface area (Å²) in [6.45, 7) is 5.17. The highest BCUT2D eigenvalue weighted by molar-refractivity contribution is 6.30. The van der Waals surface area contributed by atoms with Crippen molar-refractivity contribution in [2.45, 2.75) is 38.8 Å². The Labute approximate surface area is 126 Å². The van der Waals surface area contributed by atoms with Gasteiger partial charge in [-0.15, -0.1) is 0 Å². The first-order chi connectivity index (χ1) is 9.49. The van der Waals surface area contributed by atoms with Gasteiger partial charge in [-0.2, -0.15) is 0 Å². The van der Waals surface area contributed by atoms with E-state index in [4.69, 9.17) is 11.6 Å². The largest absolute Gasteiger partial charge is 0.338 e. The van der Waals surface area contributed by atoms with E-state index in [9.17, 15) is 4.79 Å². The van der Waals surface area contributed by atoms with Crippen LogP contribution in [0.4, 0.5) is 0 Å². The number of rotatable bonds is 3. The smallest absolute Gasteiger partial charge is 0.239 e. The fourth-order valence-corrected chi connectivity index (χ4v) is 2.92. The molecule has 3 unspecified atom stereocenters. The number of halogens is 1. The van der Waals surface area contributed by atoms with Crippen molar-refractivity contribution in [1.29, 1.82) is 0 Å². The number of hydrogen-bond donors (Lipinski definition) is 1. The minimum Gasteiger partial charge on any atom is -0.338 e. The zero-order chi connectivity index (χ0) is 14.7. The molecule has 3 atom stereocenters. The molecule has 1 N–H and O–H groups in total. The van der Waals surface area contributed by atoms with E-state index in [0.29, 0.717) is 10.9 Å². The molecule has 0 bridgehead atoms. The van der Waals surface area contributed by atoms with Crippen LogP contribution in [0.25, 0.3) is 0 Å². The number of nitrogens with one attached hydrogen (secondary N) is 1. The highest BCUT2D eigenvalue weighted by Gasteiger charge is 2.29. The molecule has 1 saturated heterocycles. The fourth-order valence-electron chi connectivity index (χ4n) is 2.72. The first-order valence-electron chi connectivity index (χ1n) is 7.24. The molecule has 0 radical (unpaired) electrons. The van der Waals surface area contributed by atoms with Crippen LogP contribution < -0.4 is 5.32 Å². The number of carbonyl (C=O) groups excluding carboxylic acids is 1. The zero-order valence-electron chi connectivity index (χ0n) is 12.4. The summed E-state index contributed by atoms with van der Waals surface area (Å²) in [6, 6.07) is 7.69. The Morgan fingerprint density at radius 1 is 1.50 bits per heavy atom. The number of amides is 1. The summed E-state index contributed by atoms with van der Waals surface area (Å²) < 4.78 is 0. The van der Waals surface area contributed by atoms with Crippen LogP contribution in [0.15, 0.2) is 24.3 Å². The average Bonchev–Trinajstić information content (AvgIpc) is 2.45. The van der Waals surface area contributed by atoms with E-state index in [-0.39, 0.29) is 18.0 Å². The molecule has 20 heavy (non-hydrogen) atoms. The summed E-state index contributed by atoms with van der Waals surface area (Å²) in [5.41, 5.74) is 1.07. The van der Waals surface area contributed by atoms with Gasteiger partial charge in [0, 0.05) is 12.1 Å². The van der Waals surface area contributed by atoms with E-state index in [2.05, 4.69) is 12.2 Å². The third-order valence-electron chi connectivity index (χ3n) is 4.22. The Morgan fingerprint density at radius 2 is 2.25 bits per heavy atom. The molecule has 1 aromatic carbocycles. The molecule has 1 amide bonds. The molecule has 1 aromatic rings. The maximum Gasteiger partial charge on any atom is 0.239 e. The molecule has 1 fully saturated rings. The van der Waals surface area contributed by atoms with Crippen LogP contribution in [0.1, 0.15) is 38.3 Å². The van der Waals surface area contributed by atoms with Crippen molar-refractivity contribution in [3.8, 4) is 0 Å². The lowest BCUT2D eigenvalue weighted by molar-refractivity contribution is -0.135. The molecule has 2 rings (SSSR count). The minimum atomic E-state index is -0.0506. The molecule has 0 aliphatic carbocycles. The van der Waals surface area contributed by atoms with Gasteiger partial charge in [0.25, 0.3) is 0 Å². The second-order valence-corrected chi connectivity index (χ2v) is 6.25. The monoisotopic (exact) mass is 294 g/mol. The lowest BCUT2D eigenvalue weighted by atomic mass is 9.93. The topological polar surface area (TPSA) is 32.3 Å². The molecular formula is C16H23ClN2O. The Hall–Kier alpha value is -1.06. The Kier molecular flexibility index (Phi) is 5.06. The maximum absolute atomic E-state index is 12.6. The van der Waals surface area contributed by atoms with Crippen molar-refractivity contribution < 1.29 is 4.79 Å². The highest BCUT2D eigenvalue weighted by Crippen LogP contribution is 2.24. The summed E-state index contributed by atoms with van der Waals surface area (Å²) in [6.07, 6.45) is 2.07. The van der Waals surface area contributed by atoms with Crippen molar-refractivity contribution in [3.63, 3.8) is 0 Å². The van der Waals surface area contributed by atoms with Crippen LogP contribution in [-0.2, 0) is 4.79 Å². The SMILES string of the molecule is CC1CCNC(C(=O)N(C)C(C)c2cccc(Cl)c2)C1. The van der Waals surface area contributed by atoms with Crippen molar-refractivity contribution in [2.24, 2.45) is 5.92 Å². The van der Waals surface area contributed by atoms with Gasteiger partial charge in [-0.05, 0) is 49.9 Å². The van der Waals surface area contributed by atoms with Gasteiger partial charge in [-0.1, -0.05) is 30.7 Å². The molecule has 0 aromatic heterocycles. The van der Waals surface area contributed by atoms with E-state index in [1.807, 2.05) is 43.1 Å². The third-order valence-corrected chi connectivity index (χ3v) is 4.46. The molecule has 1 heterocycles. The predicted molar refractivity (Wildman–Crippen MR) is 82.8 cm³/mol. The van der Waals surface area contributed by atoms with Crippen LogP contribution in [0, 0.1) is 5.92 Å². The number of hydrogen-bond acceptors (Lipinski definition) is 2. The molecule has 4 heteroatoms. The Bertz CT molecular complexity index is 477. The first-order valence-corrected chi connectivity index (χ1v) is 7.62. The van der Waals surface area contributed by atoms with Crippen LogP contribution in [0.5, 0.6) is 0 Å². The van der Waals surface area contributed by atoms with Gasteiger partial charge in [0.1, 0.15) is 0 Å². The van der Waals surface area contributed by atoms with E-state index >= 15 is 0 Å². The van der Waals surface area contributed by atoms with E-state index in [0.717, 1.165) is 24.9 Å². The van der Waals surface area contributed by atoms with Gasteiger partial charge in [0.05, 0.1) is 12.1 Å². The van der Waals surface area contributed by atoms with Crippen molar-refractivity contribution >= 4 is 17.5 Å². The minimum absolute atomic E-state index is 0.0280. The van der Waals surface area contributed by atoms with Gasteiger partial charge in [0.2, 0.25) is 5.91 Å². The summed E-state index contributed by atoms with van der Waals surface area (Å²) in [7, 11) is 1.87. The molecular weight excluding hydrogens is 272 g/mol. The highest BCUT2D eigenvalue weighted by atomic mass is 35.5. The quantitative estimate of drug-likeness (QED) is 0.928. The number of piperidine rings is 1. The van der Waals surface area contributed by atoms with Crippen molar-refractivity contribution in [2.75, 3.05) is 13.6 Å². The van der Waals surface area contributed by atoms with Crippen molar-refractivity contribution in [1.82, 2.24) is 10.2 Å². The third kappa shape index (κ3) is 3.53. The first kappa shape index (κ1) is 15.3. The molecule has 0 spiro atoms. The van der Waals surface area contributed by atoms with E-state index < -0.39 is 0 Å². The Morgan fingerprint density at radius 3 is 2.90 bits per heavy atom. The van der Waals surface area contributed by atoms with Crippen LogP contribution >= 0.6 is 11.6 Å². The predicted octanol–water partition coefficient (Wildman–Crippen LogP) is 3.25. The molecule has 1 aliphatic heterocycles. The molecule has 1 aliphatic rings. The van der Waals surface area contributed by atoms with Crippen molar-refractivity contribution in [3.05, 3.63) is 34.9 Å². The van der Waals surface area contributed by atoms with Crippen LogP contribution in [-0.4, -0.2) is 30.4 Å². The number of benzene rings is 1. The second-order valence-electron chi connectivity index (χ2n) is 5.82. The van der Waals surface area contributed by atoms with Gasteiger partial charge in [0.15, 0.2) is 0 Å². The van der Waals surface area contributed by atoms with E-state index in [1.165, 1.54) is 0 Å². The summed E-state index contributed by atoms with van der Waals surface area (Å²) in [5, 5.41) is 4.04. The number of nitrogens with zero attached hydrogens (tertiary/aromatic N) is 1. The average molecular weight is 295 g/mol. The Balaban J connectivity index is 2.06. The lowest BCUT2D eigenvalue weighted by Crippen LogP contribution is -2.49. The van der Waals surface area contributed by atoms with Gasteiger partial charge in [-0.3, -0.25) is 4.79 Å². The van der Waals surface area contributed by atoms with E-state index in [1.54, 1.807) is 0 Å². The molecule has 3 nitrogen and oxygen atoms in total. The van der Waals surface area contributed by atoms with Gasteiger partial charge >= 0.3 is 0 Å². The molecule has 110 valence electrons. The molecule has 0 saturated carbocycles. The normalized spacial score (nSPS) is 24.2. The lowest BCUT2D eigenvalue weighted by Gasteiger charge is -2.33. The van der Waals surface area contributed by atoms with Crippen LogP contribution in [0.2, 0.25) is 5.02 Å². The number of carbonyl (C=O) groups is 1. The summed E-state index contributed by atoms with van der Waals surface area (Å²) in [5.74, 6) is 0.782. The second kappa shape index (κ2) is 6.59. The zero-order valence-corrected chi connectivity index (χ0v) is 13.2. The van der Waals surface area contributed by atoms with Gasteiger partial charge in [-0.25, -0.2) is 0 Å². The summed E-state index contributed by atoms with van der Waals surface area (Å²) >= 11 is 6.03. The van der Waals surface area contributed by atoms with Gasteiger partial charge < -0.3 is 10.2 Å². The summed E-state index contributed by atoms with van der Waals surface area (Å²) in [4.78, 5) is 14.4.